The standard InChI is InChI=1S/C29H32N8O4/c30-26(38)25-27(33-20-5-3-18(4-6-20)19-9-14-41-15-10-19)35-24(16-32-25)36-12-1-2-21(17-36)34-28(39)22-7-8-23-31-11-13-37(23)29(22)40/h3-8,11,13,16,19,21,31H,1-2,9-10,12,14-15,17H2,(H2,30,38)(H,33,35)(H,34,39)/t21-/m1/s1. The second-order valence-corrected chi connectivity index (χ2v) is 10.4. The van der Waals surface area contributed by atoms with Crippen molar-refractivity contribution in [2.75, 3.05) is 36.5 Å². The summed E-state index contributed by atoms with van der Waals surface area (Å²) >= 11 is 0. The van der Waals surface area contributed by atoms with Crippen LogP contribution in [0.15, 0.2) is 59.8 Å². The Balaban J connectivity index is 1.17. The second-order valence-electron chi connectivity index (χ2n) is 10.4. The number of carbonyl (C=O) groups is 2. The topological polar surface area (TPSA) is 160 Å². The summed E-state index contributed by atoms with van der Waals surface area (Å²) in [4.78, 5) is 51.9. The number of hydrogen-bond donors (Lipinski definition) is 4. The minimum Gasteiger partial charge on any atom is -0.381 e. The molecule has 2 amide bonds. The Labute approximate surface area is 235 Å². The molecule has 2 aliphatic heterocycles. The summed E-state index contributed by atoms with van der Waals surface area (Å²) in [7, 11) is 0. The van der Waals surface area contributed by atoms with Crippen LogP contribution in [-0.2, 0) is 4.74 Å². The second kappa shape index (κ2) is 11.4. The molecule has 5 N–H and O–H groups in total. The Bertz CT molecular complexity index is 1620. The quantitative estimate of drug-likeness (QED) is 0.270. The highest BCUT2D eigenvalue weighted by Gasteiger charge is 2.25. The first-order chi connectivity index (χ1) is 20.0. The molecule has 0 unspecified atom stereocenters. The lowest BCUT2D eigenvalue weighted by Gasteiger charge is -2.34. The molecule has 6 rings (SSSR count). The van der Waals surface area contributed by atoms with Gasteiger partial charge in [-0.2, -0.15) is 0 Å². The van der Waals surface area contributed by atoms with E-state index in [-0.39, 0.29) is 28.7 Å². The highest BCUT2D eigenvalue weighted by molar-refractivity contribution is 5.96. The minimum atomic E-state index is -0.681. The Kier molecular flexibility index (Phi) is 7.38. The number of aromatic amines is 1. The molecule has 4 aromatic rings. The summed E-state index contributed by atoms with van der Waals surface area (Å²) in [6.45, 7) is 2.73. The molecule has 2 fully saturated rings. The number of nitrogens with two attached hydrogens (primary N) is 1. The average Bonchev–Trinajstić information content (AvgIpc) is 3.48. The van der Waals surface area contributed by atoms with Crippen molar-refractivity contribution in [3.8, 4) is 0 Å². The molecule has 2 aliphatic rings. The molecule has 0 aliphatic carbocycles. The molecule has 41 heavy (non-hydrogen) atoms. The number of primary amides is 1. The normalized spacial score (nSPS) is 17.9. The number of anilines is 3. The number of carbonyl (C=O) groups excluding carboxylic acids is 2. The van der Waals surface area contributed by atoms with Crippen LogP contribution in [0, 0.1) is 0 Å². The molecule has 12 nitrogen and oxygen atoms in total. The number of H-pyrrole nitrogens is 1. The number of hydrogen-bond acceptors (Lipinski definition) is 8. The van der Waals surface area contributed by atoms with Crippen LogP contribution in [0.5, 0.6) is 0 Å². The molecule has 3 aromatic heterocycles. The number of pyridine rings is 1. The van der Waals surface area contributed by atoms with Crippen molar-refractivity contribution in [1.82, 2.24) is 24.7 Å². The van der Waals surface area contributed by atoms with E-state index in [1.165, 1.54) is 22.2 Å². The minimum absolute atomic E-state index is 0.0461. The number of amides is 2. The van der Waals surface area contributed by atoms with Gasteiger partial charge < -0.3 is 31.0 Å². The fraction of sp³-hybridized carbons (Fsp3) is 0.345. The Hall–Kier alpha value is -4.71. The number of imidazole rings is 1. The maximum absolute atomic E-state index is 13.0. The lowest BCUT2D eigenvalue weighted by Crippen LogP contribution is -2.49. The molecule has 212 valence electrons. The van der Waals surface area contributed by atoms with Crippen molar-refractivity contribution in [3.05, 3.63) is 82.2 Å². The molecule has 0 radical (unpaired) electrons. The van der Waals surface area contributed by atoms with E-state index in [4.69, 9.17) is 15.5 Å². The first-order valence-electron chi connectivity index (χ1n) is 13.8. The van der Waals surface area contributed by atoms with E-state index in [0.717, 1.165) is 44.6 Å². The van der Waals surface area contributed by atoms with E-state index in [2.05, 4.69) is 32.7 Å². The third-order valence-electron chi connectivity index (χ3n) is 7.76. The molecule has 1 aromatic carbocycles. The lowest BCUT2D eigenvalue weighted by atomic mass is 9.92. The number of piperidine rings is 1. The largest absolute Gasteiger partial charge is 0.381 e. The molecule has 12 heteroatoms. The highest BCUT2D eigenvalue weighted by atomic mass is 16.5. The maximum Gasteiger partial charge on any atom is 0.271 e. The van der Waals surface area contributed by atoms with E-state index in [0.29, 0.717) is 30.5 Å². The molecule has 5 heterocycles. The van der Waals surface area contributed by atoms with Gasteiger partial charge in [-0.15, -0.1) is 0 Å². The van der Waals surface area contributed by atoms with Gasteiger partial charge in [0.1, 0.15) is 17.0 Å². The van der Waals surface area contributed by atoms with Gasteiger partial charge in [0.25, 0.3) is 17.4 Å². The van der Waals surface area contributed by atoms with Crippen LogP contribution in [0.25, 0.3) is 5.65 Å². The number of benzene rings is 1. The van der Waals surface area contributed by atoms with E-state index in [9.17, 15) is 14.4 Å². The van der Waals surface area contributed by atoms with Crippen molar-refractivity contribution < 1.29 is 14.3 Å². The number of fused-ring (bicyclic) bond motifs is 1. The predicted octanol–water partition coefficient (Wildman–Crippen LogP) is 2.55. The van der Waals surface area contributed by atoms with E-state index in [1.54, 1.807) is 18.5 Å². The molecule has 1 atom stereocenters. The van der Waals surface area contributed by atoms with Crippen LogP contribution in [0.4, 0.5) is 17.3 Å². The SMILES string of the molecule is NC(=O)c1ncc(N2CCC[C@@H](NC(=O)c3ccc4[nH]ccn4c3=O)C2)nc1Nc1ccc(C2CCOCC2)cc1. The molecular formula is C29H32N8O4. The van der Waals surface area contributed by atoms with Crippen molar-refractivity contribution in [2.45, 2.75) is 37.6 Å². The van der Waals surface area contributed by atoms with Gasteiger partial charge in [-0.1, -0.05) is 12.1 Å². The number of nitrogens with one attached hydrogen (secondary N) is 3. The summed E-state index contributed by atoms with van der Waals surface area (Å²) in [6, 6.07) is 11.1. The zero-order chi connectivity index (χ0) is 28.3. The van der Waals surface area contributed by atoms with Crippen molar-refractivity contribution in [2.24, 2.45) is 5.73 Å². The molecule has 2 saturated heterocycles. The van der Waals surface area contributed by atoms with Gasteiger partial charge >= 0.3 is 0 Å². The van der Waals surface area contributed by atoms with Crippen LogP contribution in [0.3, 0.4) is 0 Å². The maximum atomic E-state index is 13.0. The highest BCUT2D eigenvalue weighted by Crippen LogP contribution is 2.29. The molecule has 0 bridgehead atoms. The van der Waals surface area contributed by atoms with Crippen LogP contribution < -0.4 is 26.8 Å². The fourth-order valence-corrected chi connectivity index (χ4v) is 5.56. The molecular weight excluding hydrogens is 524 g/mol. The number of aromatic nitrogens is 4. The Morgan fingerprint density at radius 3 is 2.66 bits per heavy atom. The average molecular weight is 557 g/mol. The first-order valence-corrected chi connectivity index (χ1v) is 13.8. The summed E-state index contributed by atoms with van der Waals surface area (Å²) in [5, 5.41) is 6.21. The molecule has 0 spiro atoms. The van der Waals surface area contributed by atoms with E-state index in [1.807, 2.05) is 17.0 Å². The fourth-order valence-electron chi connectivity index (χ4n) is 5.56. The van der Waals surface area contributed by atoms with E-state index >= 15 is 0 Å². The van der Waals surface area contributed by atoms with Crippen LogP contribution in [0.2, 0.25) is 0 Å². The number of nitrogens with zero attached hydrogens (tertiary/aromatic N) is 4. The zero-order valence-electron chi connectivity index (χ0n) is 22.5. The predicted molar refractivity (Wildman–Crippen MR) is 154 cm³/mol. The van der Waals surface area contributed by atoms with Crippen LogP contribution in [0.1, 0.15) is 58.0 Å². The van der Waals surface area contributed by atoms with Crippen molar-refractivity contribution >= 4 is 34.8 Å². The van der Waals surface area contributed by atoms with Crippen LogP contribution in [-0.4, -0.2) is 63.5 Å². The lowest BCUT2D eigenvalue weighted by molar-refractivity contribution is 0.0853. The third kappa shape index (κ3) is 5.64. The first kappa shape index (κ1) is 26.5. The van der Waals surface area contributed by atoms with Gasteiger partial charge in [-0.05, 0) is 61.4 Å². The van der Waals surface area contributed by atoms with Gasteiger partial charge in [0.05, 0.1) is 6.20 Å². The zero-order valence-corrected chi connectivity index (χ0v) is 22.5. The van der Waals surface area contributed by atoms with Gasteiger partial charge in [0, 0.05) is 50.4 Å². The summed E-state index contributed by atoms with van der Waals surface area (Å²) in [6.07, 6.45) is 8.33. The van der Waals surface area contributed by atoms with Gasteiger partial charge in [-0.25, -0.2) is 9.97 Å². The van der Waals surface area contributed by atoms with E-state index < -0.39 is 11.8 Å². The number of rotatable bonds is 7. The van der Waals surface area contributed by atoms with Gasteiger partial charge in [0.15, 0.2) is 11.5 Å². The summed E-state index contributed by atoms with van der Waals surface area (Å²) in [5.41, 5.74) is 8.00. The number of ether oxygens (including phenoxy) is 1. The summed E-state index contributed by atoms with van der Waals surface area (Å²) < 4.78 is 6.88. The third-order valence-corrected chi connectivity index (χ3v) is 7.76. The van der Waals surface area contributed by atoms with Crippen LogP contribution >= 0.6 is 0 Å². The summed E-state index contributed by atoms with van der Waals surface area (Å²) in [5.74, 6) is 0.209. The van der Waals surface area contributed by atoms with Gasteiger partial charge in [0.2, 0.25) is 0 Å². The molecule has 0 saturated carbocycles. The monoisotopic (exact) mass is 556 g/mol. The Morgan fingerprint density at radius 1 is 1.07 bits per heavy atom. The van der Waals surface area contributed by atoms with Crippen molar-refractivity contribution in [1.29, 1.82) is 0 Å². The Morgan fingerprint density at radius 2 is 1.88 bits per heavy atom. The smallest absolute Gasteiger partial charge is 0.271 e. The van der Waals surface area contributed by atoms with Crippen molar-refractivity contribution in [3.63, 3.8) is 0 Å². The van der Waals surface area contributed by atoms with Gasteiger partial charge in [-0.3, -0.25) is 18.8 Å².